The minimum atomic E-state index is 0.456. The zero-order valence-corrected chi connectivity index (χ0v) is 12.0. The molecule has 0 spiro atoms. The van der Waals surface area contributed by atoms with Crippen LogP contribution in [-0.4, -0.2) is 0 Å². The molecule has 0 radical (unpaired) electrons. The lowest BCUT2D eigenvalue weighted by Crippen LogP contribution is -1.96. The molecule has 0 aromatic heterocycles. The van der Waals surface area contributed by atoms with Crippen LogP contribution in [0.5, 0.6) is 5.75 Å². The second-order valence-electron chi connectivity index (χ2n) is 4.69. The minimum Gasteiger partial charge on any atom is -0.488 e. The van der Waals surface area contributed by atoms with Crippen molar-refractivity contribution in [3.8, 4) is 11.8 Å². The largest absolute Gasteiger partial charge is 0.488 e. The molecule has 0 N–H and O–H groups in total. The van der Waals surface area contributed by atoms with Crippen molar-refractivity contribution in [2.75, 3.05) is 0 Å². The Morgan fingerprint density at radius 1 is 0.905 bits per heavy atom. The van der Waals surface area contributed by atoms with E-state index in [1.807, 2.05) is 48.5 Å². The highest BCUT2D eigenvalue weighted by Gasteiger charge is 2.05. The second-order valence-corrected chi connectivity index (χ2v) is 5.10. The van der Waals surface area contributed by atoms with Gasteiger partial charge in [0.05, 0.1) is 11.6 Å². The van der Waals surface area contributed by atoms with Crippen molar-refractivity contribution in [3.63, 3.8) is 0 Å². The third-order valence-electron chi connectivity index (χ3n) is 3.31. The van der Waals surface area contributed by atoms with Gasteiger partial charge >= 0.3 is 0 Å². The van der Waals surface area contributed by atoms with Crippen molar-refractivity contribution in [1.82, 2.24) is 0 Å². The molecule has 3 heteroatoms. The molecular formula is C18H12ClNO. The molecule has 0 fully saturated rings. The third-order valence-corrected chi connectivity index (χ3v) is 3.64. The second kappa shape index (κ2) is 5.87. The number of ether oxygens (including phenoxy) is 1. The number of nitriles is 1. The van der Waals surface area contributed by atoms with E-state index >= 15 is 0 Å². The predicted molar refractivity (Wildman–Crippen MR) is 84.4 cm³/mol. The van der Waals surface area contributed by atoms with Gasteiger partial charge in [0.2, 0.25) is 0 Å². The maximum atomic E-state index is 8.79. The van der Waals surface area contributed by atoms with Gasteiger partial charge in [-0.05, 0) is 29.8 Å². The van der Waals surface area contributed by atoms with Gasteiger partial charge in [-0.25, -0.2) is 0 Å². The fraction of sp³-hybridized carbons (Fsp3) is 0.0556. The van der Waals surface area contributed by atoms with E-state index in [0.29, 0.717) is 12.2 Å². The molecule has 0 aliphatic rings. The zero-order valence-electron chi connectivity index (χ0n) is 11.2. The highest BCUT2D eigenvalue weighted by atomic mass is 35.5. The number of halogens is 1. The van der Waals surface area contributed by atoms with Crippen LogP contribution in [-0.2, 0) is 6.61 Å². The molecule has 0 aliphatic carbocycles. The van der Waals surface area contributed by atoms with Gasteiger partial charge in [-0.15, -0.1) is 0 Å². The lowest BCUT2D eigenvalue weighted by Gasteiger charge is -2.10. The van der Waals surface area contributed by atoms with Crippen LogP contribution in [0.4, 0.5) is 0 Å². The maximum Gasteiger partial charge on any atom is 0.127 e. The van der Waals surface area contributed by atoms with Crippen molar-refractivity contribution in [2.24, 2.45) is 0 Å². The molecule has 0 unspecified atom stereocenters. The first-order valence-electron chi connectivity index (χ1n) is 6.57. The molecule has 21 heavy (non-hydrogen) atoms. The van der Waals surface area contributed by atoms with Crippen molar-refractivity contribution in [3.05, 3.63) is 76.8 Å². The van der Waals surface area contributed by atoms with E-state index in [-0.39, 0.29) is 0 Å². The number of hydrogen-bond acceptors (Lipinski definition) is 2. The summed E-state index contributed by atoms with van der Waals surface area (Å²) in [5.74, 6) is 0.805. The van der Waals surface area contributed by atoms with Crippen LogP contribution in [0.15, 0.2) is 60.7 Å². The summed E-state index contributed by atoms with van der Waals surface area (Å²) < 4.78 is 5.89. The average Bonchev–Trinajstić information content (AvgIpc) is 2.55. The summed E-state index contributed by atoms with van der Waals surface area (Å²) in [6.45, 7) is 0.456. The van der Waals surface area contributed by atoms with Crippen LogP contribution in [0.2, 0.25) is 5.02 Å². The van der Waals surface area contributed by atoms with Gasteiger partial charge in [-0.3, -0.25) is 0 Å². The van der Waals surface area contributed by atoms with Crippen molar-refractivity contribution >= 4 is 22.4 Å². The van der Waals surface area contributed by atoms with Crippen molar-refractivity contribution in [2.45, 2.75) is 6.61 Å². The summed E-state index contributed by atoms with van der Waals surface area (Å²) in [5, 5.41) is 11.5. The lowest BCUT2D eigenvalue weighted by molar-refractivity contribution is 0.310. The number of fused-ring (bicyclic) bond motifs is 1. The Bertz CT molecular complexity index is 819. The number of benzene rings is 3. The van der Waals surface area contributed by atoms with Crippen LogP contribution in [0, 0.1) is 11.3 Å². The van der Waals surface area contributed by atoms with Gasteiger partial charge in [0.1, 0.15) is 12.4 Å². The highest BCUT2D eigenvalue weighted by Crippen LogP contribution is 2.31. The van der Waals surface area contributed by atoms with Crippen LogP contribution in [0.3, 0.4) is 0 Å². The van der Waals surface area contributed by atoms with Gasteiger partial charge < -0.3 is 4.74 Å². The molecule has 3 aromatic carbocycles. The maximum absolute atomic E-state index is 8.79. The smallest absolute Gasteiger partial charge is 0.127 e. The van der Waals surface area contributed by atoms with Crippen LogP contribution >= 0.6 is 11.6 Å². The van der Waals surface area contributed by atoms with E-state index in [4.69, 9.17) is 21.6 Å². The molecule has 3 rings (SSSR count). The summed E-state index contributed by atoms with van der Waals surface area (Å²) >= 11 is 6.19. The Morgan fingerprint density at radius 2 is 1.62 bits per heavy atom. The van der Waals surface area contributed by atoms with E-state index in [0.717, 1.165) is 27.1 Å². The summed E-state index contributed by atoms with van der Waals surface area (Å²) in [4.78, 5) is 0. The van der Waals surface area contributed by atoms with Gasteiger partial charge in [0.25, 0.3) is 0 Å². The summed E-state index contributed by atoms with van der Waals surface area (Å²) in [5.41, 5.74) is 1.67. The first kappa shape index (κ1) is 13.5. The molecule has 0 atom stereocenters. The molecular weight excluding hydrogens is 282 g/mol. The normalized spacial score (nSPS) is 10.3. The Morgan fingerprint density at radius 3 is 2.33 bits per heavy atom. The van der Waals surface area contributed by atoms with Crippen LogP contribution in [0.25, 0.3) is 10.8 Å². The summed E-state index contributed by atoms with van der Waals surface area (Å²) in [7, 11) is 0. The fourth-order valence-corrected chi connectivity index (χ4v) is 2.42. The van der Waals surface area contributed by atoms with Crippen LogP contribution in [0.1, 0.15) is 11.1 Å². The lowest BCUT2D eigenvalue weighted by atomic mass is 10.1. The van der Waals surface area contributed by atoms with E-state index in [9.17, 15) is 0 Å². The van der Waals surface area contributed by atoms with E-state index < -0.39 is 0 Å². The molecule has 0 heterocycles. The number of nitrogens with zero attached hydrogens (tertiary/aromatic N) is 1. The van der Waals surface area contributed by atoms with Gasteiger partial charge in [0.15, 0.2) is 0 Å². The molecule has 3 aromatic rings. The Labute approximate surface area is 128 Å². The first-order chi connectivity index (χ1) is 10.3. The third kappa shape index (κ3) is 2.84. The minimum absolute atomic E-state index is 0.456. The standard InChI is InChI=1S/C18H12ClNO/c19-17-9-10-18(16-4-2-1-3-15(16)17)21-12-14-7-5-13(11-20)6-8-14/h1-10H,12H2. The Kier molecular flexibility index (Phi) is 3.77. The number of hydrogen-bond donors (Lipinski definition) is 0. The molecule has 0 bridgehead atoms. The van der Waals surface area contributed by atoms with E-state index in [2.05, 4.69) is 6.07 Å². The first-order valence-corrected chi connectivity index (χ1v) is 6.95. The van der Waals surface area contributed by atoms with E-state index in [1.54, 1.807) is 12.1 Å². The fourth-order valence-electron chi connectivity index (χ4n) is 2.20. The van der Waals surface area contributed by atoms with E-state index in [1.165, 1.54) is 0 Å². The molecule has 0 saturated carbocycles. The van der Waals surface area contributed by atoms with Crippen molar-refractivity contribution in [1.29, 1.82) is 5.26 Å². The number of rotatable bonds is 3. The topological polar surface area (TPSA) is 33.0 Å². The molecule has 2 nitrogen and oxygen atoms in total. The average molecular weight is 294 g/mol. The molecule has 102 valence electrons. The molecule has 0 aliphatic heterocycles. The predicted octanol–water partition coefficient (Wildman–Crippen LogP) is 4.94. The van der Waals surface area contributed by atoms with Gasteiger partial charge in [0, 0.05) is 15.8 Å². The summed E-state index contributed by atoms with van der Waals surface area (Å²) in [6.07, 6.45) is 0. The SMILES string of the molecule is N#Cc1ccc(COc2ccc(Cl)c3ccccc23)cc1. The molecule has 0 saturated heterocycles. The zero-order chi connectivity index (χ0) is 14.7. The summed E-state index contributed by atoms with van der Waals surface area (Å²) in [6, 6.07) is 21.1. The monoisotopic (exact) mass is 293 g/mol. The quantitative estimate of drug-likeness (QED) is 0.685. The van der Waals surface area contributed by atoms with Gasteiger partial charge in [-0.1, -0.05) is 48.0 Å². The van der Waals surface area contributed by atoms with Crippen molar-refractivity contribution < 1.29 is 4.74 Å². The Hall–Kier alpha value is -2.50. The molecule has 0 amide bonds. The van der Waals surface area contributed by atoms with Crippen LogP contribution < -0.4 is 4.74 Å². The highest BCUT2D eigenvalue weighted by molar-refractivity contribution is 6.35. The Balaban J connectivity index is 1.85. The van der Waals surface area contributed by atoms with Gasteiger partial charge in [-0.2, -0.15) is 5.26 Å².